The number of hydrogen-bond donors (Lipinski definition) is 2. The van der Waals surface area contributed by atoms with E-state index in [1.54, 1.807) is 19.1 Å². The second kappa shape index (κ2) is 5.08. The Balaban J connectivity index is 3.11. The van der Waals surface area contributed by atoms with Crippen molar-refractivity contribution in [3.63, 3.8) is 0 Å². The van der Waals surface area contributed by atoms with E-state index in [1.807, 2.05) is 0 Å². The molecule has 4 nitrogen and oxygen atoms in total. The molecule has 1 atom stereocenters. The number of ether oxygens (including phenoxy) is 1. The van der Waals surface area contributed by atoms with E-state index < -0.39 is 5.97 Å². The van der Waals surface area contributed by atoms with Crippen molar-refractivity contribution >= 4 is 11.7 Å². The molecular formula is C12H13NO3. The van der Waals surface area contributed by atoms with Crippen LogP contribution in [0.5, 0.6) is 5.75 Å². The molecule has 1 unspecified atom stereocenters. The van der Waals surface area contributed by atoms with Crippen molar-refractivity contribution in [3.8, 4) is 18.1 Å². The fourth-order valence-electron chi connectivity index (χ4n) is 1.23. The van der Waals surface area contributed by atoms with Gasteiger partial charge in [0.1, 0.15) is 5.75 Å². The molecule has 0 radical (unpaired) electrons. The molecule has 0 saturated carbocycles. The largest absolute Gasteiger partial charge is 0.497 e. The van der Waals surface area contributed by atoms with Crippen LogP contribution < -0.4 is 10.1 Å². The first-order chi connectivity index (χ1) is 7.58. The van der Waals surface area contributed by atoms with Gasteiger partial charge in [0.05, 0.1) is 24.4 Å². The van der Waals surface area contributed by atoms with Gasteiger partial charge in [-0.25, -0.2) is 4.79 Å². The number of hydrogen-bond acceptors (Lipinski definition) is 3. The third kappa shape index (κ3) is 2.67. The van der Waals surface area contributed by atoms with Gasteiger partial charge in [-0.05, 0) is 19.1 Å². The number of terminal acetylenes is 1. The van der Waals surface area contributed by atoms with Gasteiger partial charge in [-0.15, -0.1) is 6.42 Å². The van der Waals surface area contributed by atoms with Crippen LogP contribution in [0.3, 0.4) is 0 Å². The van der Waals surface area contributed by atoms with Crippen molar-refractivity contribution < 1.29 is 14.6 Å². The molecular weight excluding hydrogens is 206 g/mol. The van der Waals surface area contributed by atoms with E-state index in [4.69, 9.17) is 16.3 Å². The van der Waals surface area contributed by atoms with Crippen molar-refractivity contribution in [1.82, 2.24) is 0 Å². The lowest BCUT2D eigenvalue weighted by Crippen LogP contribution is -2.15. The molecule has 0 bridgehead atoms. The van der Waals surface area contributed by atoms with Crippen LogP contribution >= 0.6 is 0 Å². The highest BCUT2D eigenvalue weighted by Gasteiger charge is 2.12. The maximum absolute atomic E-state index is 11.0. The van der Waals surface area contributed by atoms with Gasteiger partial charge in [-0.1, -0.05) is 5.92 Å². The van der Waals surface area contributed by atoms with Crippen LogP contribution in [0.2, 0.25) is 0 Å². The van der Waals surface area contributed by atoms with Crippen LogP contribution in [0.4, 0.5) is 5.69 Å². The van der Waals surface area contributed by atoms with Gasteiger partial charge in [0.15, 0.2) is 0 Å². The minimum absolute atomic E-state index is 0.169. The average Bonchev–Trinajstić information content (AvgIpc) is 2.28. The molecule has 0 fully saturated rings. The Morgan fingerprint density at radius 2 is 2.31 bits per heavy atom. The van der Waals surface area contributed by atoms with Crippen LogP contribution in [0.15, 0.2) is 18.2 Å². The van der Waals surface area contributed by atoms with Crippen molar-refractivity contribution in [2.45, 2.75) is 13.0 Å². The Kier molecular flexibility index (Phi) is 3.78. The number of nitrogens with one attached hydrogen (secondary N) is 1. The Hall–Kier alpha value is -2.15. The number of anilines is 1. The number of benzene rings is 1. The lowest BCUT2D eigenvalue weighted by atomic mass is 10.1. The zero-order chi connectivity index (χ0) is 12.1. The first kappa shape index (κ1) is 11.9. The molecule has 0 aliphatic rings. The fraction of sp³-hybridized carbons (Fsp3) is 0.250. The second-order valence-corrected chi connectivity index (χ2v) is 3.25. The SMILES string of the molecule is C#CC(C)Nc1cc(OC)ccc1C(=O)O. The number of carboxylic acids is 1. The number of aromatic carboxylic acids is 1. The standard InChI is InChI=1S/C12H13NO3/c1-4-8(2)13-11-7-9(16-3)5-6-10(11)12(14)15/h1,5-8,13H,2-3H3,(H,14,15). The summed E-state index contributed by atoms with van der Waals surface area (Å²) in [7, 11) is 1.52. The van der Waals surface area contributed by atoms with Crippen molar-refractivity contribution in [3.05, 3.63) is 23.8 Å². The second-order valence-electron chi connectivity index (χ2n) is 3.25. The first-order valence-corrected chi connectivity index (χ1v) is 4.72. The third-order valence-corrected chi connectivity index (χ3v) is 2.08. The predicted molar refractivity (Wildman–Crippen MR) is 61.9 cm³/mol. The molecule has 0 spiro atoms. The highest BCUT2D eigenvalue weighted by molar-refractivity contribution is 5.94. The number of carbonyl (C=O) groups is 1. The van der Waals surface area contributed by atoms with E-state index >= 15 is 0 Å². The molecule has 0 heterocycles. The fourth-order valence-corrected chi connectivity index (χ4v) is 1.23. The highest BCUT2D eigenvalue weighted by Crippen LogP contribution is 2.23. The maximum Gasteiger partial charge on any atom is 0.337 e. The summed E-state index contributed by atoms with van der Waals surface area (Å²) in [4.78, 5) is 11.0. The van der Waals surface area contributed by atoms with E-state index in [2.05, 4.69) is 11.2 Å². The maximum atomic E-state index is 11.0. The zero-order valence-corrected chi connectivity index (χ0v) is 9.15. The normalized spacial score (nSPS) is 11.3. The zero-order valence-electron chi connectivity index (χ0n) is 9.15. The van der Waals surface area contributed by atoms with Gasteiger partial charge < -0.3 is 15.2 Å². The summed E-state index contributed by atoms with van der Waals surface area (Å²) in [6.45, 7) is 1.77. The monoisotopic (exact) mass is 219 g/mol. The Morgan fingerprint density at radius 1 is 1.62 bits per heavy atom. The quantitative estimate of drug-likeness (QED) is 0.758. The lowest BCUT2D eigenvalue weighted by Gasteiger charge is -2.13. The van der Waals surface area contributed by atoms with Crippen LogP contribution in [0.25, 0.3) is 0 Å². The first-order valence-electron chi connectivity index (χ1n) is 4.72. The molecule has 0 aromatic heterocycles. The molecule has 1 aromatic rings. The van der Waals surface area contributed by atoms with E-state index in [9.17, 15) is 4.79 Å². The van der Waals surface area contributed by atoms with E-state index in [-0.39, 0.29) is 11.6 Å². The Labute approximate surface area is 94.2 Å². The topological polar surface area (TPSA) is 58.6 Å². The van der Waals surface area contributed by atoms with E-state index in [0.29, 0.717) is 11.4 Å². The van der Waals surface area contributed by atoms with Gasteiger partial charge >= 0.3 is 5.97 Å². The molecule has 0 aliphatic carbocycles. The number of methoxy groups -OCH3 is 1. The van der Waals surface area contributed by atoms with Gasteiger partial charge in [-0.3, -0.25) is 0 Å². The molecule has 1 rings (SSSR count). The summed E-state index contributed by atoms with van der Waals surface area (Å²) in [6, 6.07) is 4.43. The summed E-state index contributed by atoms with van der Waals surface area (Å²) < 4.78 is 5.02. The minimum atomic E-state index is -1.01. The summed E-state index contributed by atoms with van der Waals surface area (Å²) in [5.74, 6) is 2.05. The number of carboxylic acid groups (broad SMARTS) is 1. The van der Waals surface area contributed by atoms with Gasteiger partial charge in [0.25, 0.3) is 0 Å². The summed E-state index contributed by atoms with van der Waals surface area (Å²) in [6.07, 6.45) is 5.23. The molecule has 0 amide bonds. The van der Waals surface area contributed by atoms with Crippen molar-refractivity contribution in [2.24, 2.45) is 0 Å². The lowest BCUT2D eigenvalue weighted by molar-refractivity contribution is 0.0698. The van der Waals surface area contributed by atoms with Crippen LogP contribution in [-0.2, 0) is 0 Å². The summed E-state index contributed by atoms with van der Waals surface area (Å²) in [5.41, 5.74) is 0.625. The molecule has 16 heavy (non-hydrogen) atoms. The van der Waals surface area contributed by atoms with Crippen molar-refractivity contribution in [1.29, 1.82) is 0 Å². The molecule has 4 heteroatoms. The highest BCUT2D eigenvalue weighted by atomic mass is 16.5. The third-order valence-electron chi connectivity index (χ3n) is 2.08. The van der Waals surface area contributed by atoms with Gasteiger partial charge in [0, 0.05) is 6.07 Å². The van der Waals surface area contributed by atoms with Gasteiger partial charge in [0.2, 0.25) is 0 Å². The number of rotatable bonds is 4. The summed E-state index contributed by atoms with van der Waals surface area (Å²) >= 11 is 0. The molecule has 1 aromatic carbocycles. The molecule has 0 saturated heterocycles. The average molecular weight is 219 g/mol. The van der Waals surface area contributed by atoms with Crippen LogP contribution in [0.1, 0.15) is 17.3 Å². The molecule has 2 N–H and O–H groups in total. The minimum Gasteiger partial charge on any atom is -0.497 e. The predicted octanol–water partition coefficient (Wildman–Crippen LogP) is 1.83. The van der Waals surface area contributed by atoms with Crippen LogP contribution in [0, 0.1) is 12.3 Å². The molecule has 0 aliphatic heterocycles. The Bertz CT molecular complexity index is 434. The van der Waals surface area contributed by atoms with E-state index in [0.717, 1.165) is 0 Å². The summed E-state index contributed by atoms with van der Waals surface area (Å²) in [5, 5.41) is 11.9. The smallest absolute Gasteiger partial charge is 0.337 e. The van der Waals surface area contributed by atoms with Gasteiger partial charge in [-0.2, -0.15) is 0 Å². The Morgan fingerprint density at radius 3 is 2.81 bits per heavy atom. The van der Waals surface area contributed by atoms with Crippen molar-refractivity contribution in [2.75, 3.05) is 12.4 Å². The molecule has 84 valence electrons. The van der Waals surface area contributed by atoms with E-state index in [1.165, 1.54) is 13.2 Å². The van der Waals surface area contributed by atoms with Crippen LogP contribution in [-0.4, -0.2) is 24.2 Å².